The second-order valence-electron chi connectivity index (χ2n) is 1.53. The maximum Gasteiger partial charge on any atom is 0.131 e. The molecule has 0 atom stereocenters. The van der Waals surface area contributed by atoms with E-state index in [0.717, 1.165) is 0 Å². The predicted molar refractivity (Wildman–Crippen MR) is 53.2 cm³/mol. The monoisotopic (exact) mass is 234 g/mol. The third kappa shape index (κ3) is 3.87. The van der Waals surface area contributed by atoms with E-state index in [-0.39, 0.29) is 24.8 Å². The van der Waals surface area contributed by atoms with Gasteiger partial charge in [-0.2, -0.15) is 0 Å². The minimum absolute atomic E-state index is 0. The Morgan fingerprint density at radius 1 is 1.27 bits per heavy atom. The van der Waals surface area contributed by atoms with Crippen molar-refractivity contribution in [2.45, 2.75) is 0 Å². The summed E-state index contributed by atoms with van der Waals surface area (Å²) in [5.74, 6) is 0. The Morgan fingerprint density at radius 2 is 1.82 bits per heavy atom. The average molecular weight is 236 g/mol. The third-order valence-corrected chi connectivity index (χ3v) is 1.37. The number of hydrogen-bond donors (Lipinski definition) is 1. The van der Waals surface area contributed by atoms with Crippen LogP contribution in [0.25, 0.3) is 0 Å². The second kappa shape index (κ2) is 5.72. The average Bonchev–Trinajstić information content (AvgIpc) is 1.80. The summed E-state index contributed by atoms with van der Waals surface area (Å²) in [6, 6.07) is 1.50. The fraction of sp³-hybridized carbons (Fsp3) is 0. The van der Waals surface area contributed by atoms with Crippen molar-refractivity contribution in [3.05, 3.63) is 22.4 Å². The van der Waals surface area contributed by atoms with E-state index in [1.807, 2.05) is 0 Å². The van der Waals surface area contributed by atoms with Gasteiger partial charge in [-0.1, -0.05) is 23.2 Å². The minimum Gasteiger partial charge on any atom is -0.397 e. The normalized spacial score (nSPS) is 7.82. The molecule has 2 nitrogen and oxygen atoms in total. The van der Waals surface area contributed by atoms with Crippen molar-refractivity contribution < 1.29 is 0 Å². The lowest BCUT2D eigenvalue weighted by Gasteiger charge is -1.94. The van der Waals surface area contributed by atoms with Gasteiger partial charge in [0.25, 0.3) is 0 Å². The Bertz CT molecular complexity index is 228. The number of nitrogen functional groups attached to an aromatic ring is 1. The molecule has 1 rings (SSSR count). The van der Waals surface area contributed by atoms with E-state index in [0.29, 0.717) is 15.9 Å². The Kier molecular flexibility index (Phi) is 7.12. The molecule has 0 aliphatic carbocycles. The Labute approximate surface area is 86.9 Å². The van der Waals surface area contributed by atoms with Crippen LogP contribution in [0.1, 0.15) is 0 Å². The Balaban J connectivity index is 0. The highest BCUT2D eigenvalue weighted by molar-refractivity contribution is 6.34. The highest BCUT2D eigenvalue weighted by Gasteiger charge is 1.94. The highest BCUT2D eigenvalue weighted by Crippen LogP contribution is 2.18. The fourth-order valence-corrected chi connectivity index (χ4v) is 0.697. The maximum atomic E-state index is 5.53. The molecule has 0 amide bonds. The predicted octanol–water partition coefficient (Wildman–Crippen LogP) is 2.81. The quantitative estimate of drug-likeness (QED) is 0.703. The van der Waals surface area contributed by atoms with E-state index in [1.54, 1.807) is 0 Å². The lowest BCUT2D eigenvalue weighted by atomic mass is 10.4. The van der Waals surface area contributed by atoms with Crippen LogP contribution in [0.15, 0.2) is 12.3 Å². The zero-order valence-corrected chi connectivity index (χ0v) is 8.40. The van der Waals surface area contributed by atoms with E-state index in [2.05, 4.69) is 4.98 Å². The van der Waals surface area contributed by atoms with Gasteiger partial charge in [-0.25, -0.2) is 4.98 Å². The lowest BCUT2D eigenvalue weighted by Crippen LogP contribution is -1.86. The molecule has 0 aliphatic heterocycles. The summed E-state index contributed by atoms with van der Waals surface area (Å²) in [7, 11) is 0. The molecule has 0 unspecified atom stereocenters. The first kappa shape index (κ1) is 13.7. The standard InChI is InChI=1S/C5H4Cl2N2.2ClH/c6-3-2-9-5(7)1-4(3)8;;/h1-2H,(H2,8,9);2*1H. The van der Waals surface area contributed by atoms with Gasteiger partial charge in [0.15, 0.2) is 0 Å². The number of aromatic nitrogens is 1. The van der Waals surface area contributed by atoms with Crippen molar-refractivity contribution in [3.63, 3.8) is 0 Å². The summed E-state index contributed by atoms with van der Waals surface area (Å²) >= 11 is 11.0. The maximum absolute atomic E-state index is 5.53. The van der Waals surface area contributed by atoms with Crippen LogP contribution in [0.4, 0.5) is 5.69 Å². The molecule has 0 saturated carbocycles. The van der Waals surface area contributed by atoms with Crippen LogP contribution in [0, 0.1) is 0 Å². The first-order chi connectivity index (χ1) is 4.20. The lowest BCUT2D eigenvalue weighted by molar-refractivity contribution is 1.33. The minimum atomic E-state index is 0. The highest BCUT2D eigenvalue weighted by atomic mass is 35.5. The van der Waals surface area contributed by atoms with Crippen LogP contribution < -0.4 is 5.73 Å². The molecule has 2 N–H and O–H groups in total. The van der Waals surface area contributed by atoms with E-state index >= 15 is 0 Å². The summed E-state index contributed by atoms with van der Waals surface area (Å²) in [6.07, 6.45) is 1.42. The van der Waals surface area contributed by atoms with Crippen molar-refractivity contribution in [1.82, 2.24) is 4.98 Å². The van der Waals surface area contributed by atoms with Crippen LogP contribution in [0.3, 0.4) is 0 Å². The summed E-state index contributed by atoms with van der Waals surface area (Å²) in [5.41, 5.74) is 5.82. The van der Waals surface area contributed by atoms with Gasteiger partial charge < -0.3 is 5.73 Å². The van der Waals surface area contributed by atoms with Crippen LogP contribution in [0.5, 0.6) is 0 Å². The van der Waals surface area contributed by atoms with Crippen molar-refractivity contribution in [2.24, 2.45) is 0 Å². The molecule has 0 aromatic carbocycles. The first-order valence-corrected chi connectivity index (χ1v) is 3.02. The van der Waals surface area contributed by atoms with Gasteiger partial charge in [0.1, 0.15) is 5.15 Å². The molecule has 0 spiro atoms. The molecule has 0 saturated heterocycles. The van der Waals surface area contributed by atoms with Gasteiger partial charge in [0.05, 0.1) is 10.7 Å². The van der Waals surface area contributed by atoms with Gasteiger partial charge in [-0.15, -0.1) is 24.8 Å². The van der Waals surface area contributed by atoms with Gasteiger partial charge in [-0.3, -0.25) is 0 Å². The zero-order valence-electron chi connectivity index (χ0n) is 5.25. The molecule has 1 aromatic heterocycles. The van der Waals surface area contributed by atoms with E-state index < -0.39 is 0 Å². The summed E-state index contributed by atoms with van der Waals surface area (Å²) in [4.78, 5) is 3.69. The molecule has 0 aliphatic rings. The molecule has 0 fully saturated rings. The number of halogens is 4. The molecule has 11 heavy (non-hydrogen) atoms. The van der Waals surface area contributed by atoms with Crippen molar-refractivity contribution in [3.8, 4) is 0 Å². The van der Waals surface area contributed by atoms with Gasteiger partial charge in [0.2, 0.25) is 0 Å². The van der Waals surface area contributed by atoms with Crippen molar-refractivity contribution in [2.75, 3.05) is 5.73 Å². The van der Waals surface area contributed by atoms with Gasteiger partial charge in [-0.05, 0) is 6.07 Å². The summed E-state index contributed by atoms with van der Waals surface area (Å²) in [6.45, 7) is 0. The van der Waals surface area contributed by atoms with Crippen LogP contribution in [0.2, 0.25) is 10.2 Å². The number of rotatable bonds is 0. The van der Waals surface area contributed by atoms with Crippen molar-refractivity contribution in [1.29, 1.82) is 0 Å². The van der Waals surface area contributed by atoms with E-state index in [4.69, 9.17) is 28.9 Å². The molecule has 0 radical (unpaired) electrons. The summed E-state index contributed by atoms with van der Waals surface area (Å²) in [5, 5.41) is 0.788. The topological polar surface area (TPSA) is 38.9 Å². The number of hydrogen-bond acceptors (Lipinski definition) is 2. The fourth-order valence-electron chi connectivity index (χ4n) is 0.427. The van der Waals surface area contributed by atoms with Crippen LogP contribution in [-0.4, -0.2) is 4.98 Å². The SMILES string of the molecule is Cl.Cl.Nc1cc(Cl)ncc1Cl. The van der Waals surface area contributed by atoms with E-state index in [1.165, 1.54) is 12.3 Å². The Hall–Kier alpha value is 0.110. The van der Waals surface area contributed by atoms with Crippen LogP contribution in [-0.2, 0) is 0 Å². The molecule has 0 bridgehead atoms. The van der Waals surface area contributed by atoms with Gasteiger partial charge in [0, 0.05) is 6.20 Å². The number of nitrogens with two attached hydrogens (primary N) is 1. The molecule has 6 heteroatoms. The third-order valence-electron chi connectivity index (χ3n) is 0.852. The molecule has 64 valence electrons. The number of nitrogens with zero attached hydrogens (tertiary/aromatic N) is 1. The molecular formula is C5H6Cl4N2. The van der Waals surface area contributed by atoms with E-state index in [9.17, 15) is 0 Å². The second-order valence-corrected chi connectivity index (χ2v) is 2.32. The van der Waals surface area contributed by atoms with Crippen LogP contribution >= 0.6 is 48.0 Å². The summed E-state index contributed by atoms with van der Waals surface area (Å²) < 4.78 is 0. The first-order valence-electron chi connectivity index (χ1n) is 2.26. The molecule has 1 aromatic rings. The number of pyridine rings is 1. The molecule has 1 heterocycles. The molecular weight excluding hydrogens is 230 g/mol. The number of anilines is 1. The van der Waals surface area contributed by atoms with Gasteiger partial charge >= 0.3 is 0 Å². The smallest absolute Gasteiger partial charge is 0.131 e. The van der Waals surface area contributed by atoms with Crippen molar-refractivity contribution >= 4 is 53.7 Å². The largest absolute Gasteiger partial charge is 0.397 e. The Morgan fingerprint density at radius 3 is 2.18 bits per heavy atom. The zero-order chi connectivity index (χ0) is 6.85.